The Hall–Kier alpha value is -3.41. The molecule has 4 aromatic rings. The number of pyridine rings is 2. The van der Waals surface area contributed by atoms with Crippen LogP contribution < -0.4 is 10.9 Å². The van der Waals surface area contributed by atoms with Crippen LogP contribution in [0.4, 0.5) is 5.69 Å². The number of fused-ring (bicyclic) bond motifs is 2. The quantitative estimate of drug-likeness (QED) is 0.592. The third-order valence-corrected chi connectivity index (χ3v) is 4.23. The van der Waals surface area contributed by atoms with E-state index in [0.717, 1.165) is 16.6 Å². The molecule has 124 valence electrons. The number of hydrogen-bond acceptors (Lipinski definition) is 3. The molecular weight excluding hydrogens is 316 g/mol. The number of benzene rings is 1. The molecule has 0 saturated carbocycles. The van der Waals surface area contributed by atoms with E-state index in [9.17, 15) is 9.59 Å². The maximum Gasteiger partial charge on any atom is 0.274 e. The third kappa shape index (κ3) is 2.57. The first-order chi connectivity index (χ1) is 12.0. The molecule has 3 heterocycles. The summed E-state index contributed by atoms with van der Waals surface area (Å²) < 4.78 is 1.76. The summed E-state index contributed by atoms with van der Waals surface area (Å²) in [5.41, 5.74) is 3.92. The normalized spacial score (nSPS) is 11.1. The minimum absolute atomic E-state index is 0.161. The highest BCUT2D eigenvalue weighted by Gasteiger charge is 2.16. The number of nitrogens with one attached hydrogen (secondary N) is 2. The van der Waals surface area contributed by atoms with Crippen molar-refractivity contribution in [3.8, 4) is 0 Å². The van der Waals surface area contributed by atoms with Gasteiger partial charge in [-0.3, -0.25) is 14.0 Å². The minimum Gasteiger partial charge on any atom is -0.322 e. The van der Waals surface area contributed by atoms with Crippen molar-refractivity contribution in [3.63, 3.8) is 0 Å². The topological polar surface area (TPSA) is 79.3 Å². The molecule has 0 aliphatic rings. The highest BCUT2D eigenvalue weighted by molar-refractivity contribution is 6.05. The number of H-pyrrole nitrogens is 1. The van der Waals surface area contributed by atoms with Gasteiger partial charge in [0.2, 0.25) is 5.56 Å². The van der Waals surface area contributed by atoms with Gasteiger partial charge in [0.25, 0.3) is 5.91 Å². The van der Waals surface area contributed by atoms with Crippen LogP contribution in [-0.2, 0) is 0 Å². The summed E-state index contributed by atoms with van der Waals surface area (Å²) in [6.07, 6.45) is 1.81. The molecule has 3 aromatic heterocycles. The van der Waals surface area contributed by atoms with Crippen molar-refractivity contribution < 1.29 is 4.79 Å². The largest absolute Gasteiger partial charge is 0.322 e. The van der Waals surface area contributed by atoms with Crippen LogP contribution in [0.15, 0.2) is 53.5 Å². The lowest BCUT2D eigenvalue weighted by molar-refractivity contribution is 0.102. The van der Waals surface area contributed by atoms with Crippen molar-refractivity contribution in [1.29, 1.82) is 0 Å². The molecule has 0 radical (unpaired) electrons. The second-order valence-electron chi connectivity index (χ2n) is 6.01. The first kappa shape index (κ1) is 15.1. The van der Waals surface area contributed by atoms with Crippen LogP contribution >= 0.6 is 0 Å². The SMILES string of the molecule is Cc1nc2ccccn2c1C(=O)Nc1ccc2c(C)cc(=O)[nH]c2c1. The zero-order valence-electron chi connectivity index (χ0n) is 13.8. The standard InChI is InChI=1S/C19H16N4O2/c1-11-9-17(24)22-15-10-13(6-7-14(11)15)21-19(25)18-12(2)20-16-5-3-4-8-23(16)18/h3-10H,1-2H3,(H,21,25)(H,22,24). The summed E-state index contributed by atoms with van der Waals surface area (Å²) in [6, 6.07) is 12.6. The Morgan fingerprint density at radius 2 is 2.00 bits per heavy atom. The van der Waals surface area contributed by atoms with Gasteiger partial charge < -0.3 is 10.3 Å². The summed E-state index contributed by atoms with van der Waals surface area (Å²) >= 11 is 0. The van der Waals surface area contributed by atoms with E-state index in [2.05, 4.69) is 15.3 Å². The van der Waals surface area contributed by atoms with Crippen molar-refractivity contribution in [3.05, 3.63) is 76.0 Å². The van der Waals surface area contributed by atoms with Crippen LogP contribution in [-0.4, -0.2) is 20.3 Å². The summed E-state index contributed by atoms with van der Waals surface area (Å²) in [6.45, 7) is 3.70. The Balaban J connectivity index is 1.74. The van der Waals surface area contributed by atoms with E-state index in [-0.39, 0.29) is 11.5 Å². The molecule has 1 aromatic carbocycles. The molecule has 6 heteroatoms. The van der Waals surface area contributed by atoms with Gasteiger partial charge in [-0.15, -0.1) is 0 Å². The fourth-order valence-corrected chi connectivity index (χ4v) is 3.09. The van der Waals surface area contributed by atoms with Gasteiger partial charge in [0.1, 0.15) is 11.3 Å². The van der Waals surface area contributed by atoms with Crippen molar-refractivity contribution in [2.45, 2.75) is 13.8 Å². The second kappa shape index (κ2) is 5.59. The smallest absolute Gasteiger partial charge is 0.274 e. The van der Waals surface area contributed by atoms with Crippen molar-refractivity contribution in [2.75, 3.05) is 5.32 Å². The molecule has 0 bridgehead atoms. The van der Waals surface area contributed by atoms with Gasteiger partial charge >= 0.3 is 0 Å². The van der Waals surface area contributed by atoms with Crippen molar-refractivity contribution in [2.24, 2.45) is 0 Å². The number of amides is 1. The summed E-state index contributed by atoms with van der Waals surface area (Å²) in [7, 11) is 0. The van der Waals surface area contributed by atoms with E-state index in [1.807, 2.05) is 50.4 Å². The molecule has 4 rings (SSSR count). The van der Waals surface area contributed by atoms with Crippen molar-refractivity contribution in [1.82, 2.24) is 14.4 Å². The zero-order chi connectivity index (χ0) is 17.6. The number of hydrogen-bond donors (Lipinski definition) is 2. The third-order valence-electron chi connectivity index (χ3n) is 4.23. The fraction of sp³-hybridized carbons (Fsp3) is 0.105. The van der Waals surface area contributed by atoms with Gasteiger partial charge in [-0.2, -0.15) is 0 Å². The zero-order valence-corrected chi connectivity index (χ0v) is 13.8. The molecular formula is C19H16N4O2. The first-order valence-electron chi connectivity index (χ1n) is 7.91. The summed E-state index contributed by atoms with van der Waals surface area (Å²) in [4.78, 5) is 31.6. The van der Waals surface area contributed by atoms with Gasteiger partial charge in [-0.1, -0.05) is 12.1 Å². The van der Waals surface area contributed by atoms with Crippen LogP contribution in [0.5, 0.6) is 0 Å². The number of anilines is 1. The minimum atomic E-state index is -0.245. The Morgan fingerprint density at radius 3 is 2.84 bits per heavy atom. The van der Waals surface area contributed by atoms with Crippen molar-refractivity contribution >= 4 is 28.1 Å². The van der Waals surface area contributed by atoms with Gasteiger partial charge in [0.05, 0.1) is 11.2 Å². The van der Waals surface area contributed by atoms with Crippen LogP contribution in [0.2, 0.25) is 0 Å². The van der Waals surface area contributed by atoms with E-state index in [4.69, 9.17) is 0 Å². The van der Waals surface area contributed by atoms with Crippen LogP contribution in [0.3, 0.4) is 0 Å². The number of carbonyl (C=O) groups is 1. The van der Waals surface area contributed by atoms with E-state index in [0.29, 0.717) is 22.6 Å². The Morgan fingerprint density at radius 1 is 1.16 bits per heavy atom. The lowest BCUT2D eigenvalue weighted by Crippen LogP contribution is -2.15. The van der Waals surface area contributed by atoms with Gasteiger partial charge in [0, 0.05) is 23.3 Å². The van der Waals surface area contributed by atoms with Gasteiger partial charge in [-0.25, -0.2) is 4.98 Å². The van der Waals surface area contributed by atoms with Crippen LogP contribution in [0.1, 0.15) is 21.7 Å². The maximum atomic E-state index is 12.7. The lowest BCUT2D eigenvalue weighted by atomic mass is 10.1. The molecule has 6 nitrogen and oxygen atoms in total. The average molecular weight is 332 g/mol. The number of aromatic amines is 1. The maximum absolute atomic E-state index is 12.7. The van der Waals surface area contributed by atoms with E-state index in [1.165, 1.54) is 0 Å². The average Bonchev–Trinajstić information content (AvgIpc) is 2.90. The number of imidazole rings is 1. The first-order valence-corrected chi connectivity index (χ1v) is 7.91. The molecule has 2 N–H and O–H groups in total. The highest BCUT2D eigenvalue weighted by Crippen LogP contribution is 2.20. The van der Waals surface area contributed by atoms with Crippen LogP contribution in [0.25, 0.3) is 16.6 Å². The Kier molecular flexibility index (Phi) is 3.39. The Labute approximate surface area is 143 Å². The fourth-order valence-electron chi connectivity index (χ4n) is 3.09. The molecule has 0 aliphatic heterocycles. The van der Waals surface area contributed by atoms with E-state index < -0.39 is 0 Å². The molecule has 0 aliphatic carbocycles. The van der Waals surface area contributed by atoms with Gasteiger partial charge in [0.15, 0.2) is 0 Å². The van der Waals surface area contributed by atoms with Crippen LogP contribution in [0, 0.1) is 13.8 Å². The molecule has 0 saturated heterocycles. The number of aryl methyl sites for hydroxylation is 2. The molecule has 0 unspecified atom stereocenters. The number of nitrogens with zero attached hydrogens (tertiary/aromatic N) is 2. The lowest BCUT2D eigenvalue weighted by Gasteiger charge is -2.08. The van der Waals surface area contributed by atoms with E-state index in [1.54, 1.807) is 16.5 Å². The monoisotopic (exact) mass is 332 g/mol. The predicted molar refractivity (Wildman–Crippen MR) is 97.2 cm³/mol. The number of aromatic nitrogens is 3. The predicted octanol–water partition coefficient (Wildman–Crippen LogP) is 3.04. The molecule has 0 spiro atoms. The summed E-state index contributed by atoms with van der Waals surface area (Å²) in [5, 5.41) is 3.83. The molecule has 1 amide bonds. The number of rotatable bonds is 2. The second-order valence-corrected chi connectivity index (χ2v) is 6.01. The van der Waals surface area contributed by atoms with Gasteiger partial charge in [-0.05, 0) is 43.7 Å². The van der Waals surface area contributed by atoms with E-state index >= 15 is 0 Å². The highest BCUT2D eigenvalue weighted by atomic mass is 16.2. The summed E-state index contributed by atoms with van der Waals surface area (Å²) in [5.74, 6) is -0.245. The Bertz CT molecular complexity index is 1190. The number of carbonyl (C=O) groups excluding carboxylic acids is 1. The molecule has 0 fully saturated rings. The molecule has 25 heavy (non-hydrogen) atoms. The molecule has 0 atom stereocenters.